The molecule has 0 spiro atoms. The highest BCUT2D eigenvalue weighted by molar-refractivity contribution is 6.31. The van der Waals surface area contributed by atoms with Crippen LogP contribution < -0.4 is 0 Å². The van der Waals surface area contributed by atoms with Crippen LogP contribution in [0.15, 0.2) is 24.3 Å². The van der Waals surface area contributed by atoms with Gasteiger partial charge in [0.2, 0.25) is 0 Å². The van der Waals surface area contributed by atoms with Crippen LogP contribution in [0.5, 0.6) is 0 Å². The van der Waals surface area contributed by atoms with E-state index in [1.165, 1.54) is 4.90 Å². The molecule has 120 valence electrons. The molecule has 1 aliphatic rings. The summed E-state index contributed by atoms with van der Waals surface area (Å²) in [5.41, 5.74) is -0.821. The quantitative estimate of drug-likeness (QED) is 0.926. The van der Waals surface area contributed by atoms with E-state index in [4.69, 9.17) is 16.3 Å². The predicted octanol–water partition coefficient (Wildman–Crippen LogP) is 3.20. The number of carbonyl (C=O) groups excluding carboxylic acids is 1. The van der Waals surface area contributed by atoms with Crippen LogP contribution in [-0.4, -0.2) is 40.8 Å². The molecule has 0 saturated carbocycles. The summed E-state index contributed by atoms with van der Waals surface area (Å²) < 4.78 is 5.26. The van der Waals surface area contributed by atoms with Gasteiger partial charge in [-0.1, -0.05) is 29.8 Å². The van der Waals surface area contributed by atoms with Crippen molar-refractivity contribution in [1.29, 1.82) is 0 Å². The summed E-state index contributed by atoms with van der Waals surface area (Å²) in [5.74, 6) is -0.924. The summed E-state index contributed by atoms with van der Waals surface area (Å²) in [6.45, 7) is 5.58. The van der Waals surface area contributed by atoms with Crippen molar-refractivity contribution in [2.24, 2.45) is 5.41 Å². The molecule has 0 unspecified atom stereocenters. The molecular weight excluding hydrogens is 306 g/mol. The maximum Gasteiger partial charge on any atom is 0.410 e. The number of benzene rings is 1. The molecule has 5 nitrogen and oxygen atoms in total. The van der Waals surface area contributed by atoms with Crippen molar-refractivity contribution in [1.82, 2.24) is 4.90 Å². The number of carboxylic acid groups (broad SMARTS) is 1. The van der Waals surface area contributed by atoms with E-state index < -0.39 is 23.1 Å². The van der Waals surface area contributed by atoms with Crippen molar-refractivity contribution in [3.05, 3.63) is 34.9 Å². The normalized spacial score (nSPS) is 16.8. The highest BCUT2D eigenvalue weighted by atomic mass is 35.5. The lowest BCUT2D eigenvalue weighted by Crippen LogP contribution is -2.63. The second-order valence-electron chi connectivity index (χ2n) is 6.69. The highest BCUT2D eigenvalue weighted by Gasteiger charge is 2.52. The lowest BCUT2D eigenvalue weighted by atomic mass is 9.75. The third-order valence-electron chi connectivity index (χ3n) is 3.58. The number of halogens is 1. The average molecular weight is 326 g/mol. The highest BCUT2D eigenvalue weighted by Crippen LogP contribution is 2.37. The van der Waals surface area contributed by atoms with Gasteiger partial charge in [0.1, 0.15) is 11.0 Å². The zero-order chi connectivity index (χ0) is 16.5. The third kappa shape index (κ3) is 3.53. The van der Waals surface area contributed by atoms with Crippen molar-refractivity contribution in [3.63, 3.8) is 0 Å². The molecule has 0 aromatic heterocycles. The maximum atomic E-state index is 12.0. The van der Waals surface area contributed by atoms with Crippen molar-refractivity contribution in [2.75, 3.05) is 13.1 Å². The zero-order valence-electron chi connectivity index (χ0n) is 12.9. The zero-order valence-corrected chi connectivity index (χ0v) is 13.7. The van der Waals surface area contributed by atoms with Crippen LogP contribution >= 0.6 is 11.6 Å². The number of hydrogen-bond donors (Lipinski definition) is 1. The van der Waals surface area contributed by atoms with E-state index in [0.717, 1.165) is 5.56 Å². The first-order valence-corrected chi connectivity index (χ1v) is 7.45. The molecule has 0 aliphatic carbocycles. The van der Waals surface area contributed by atoms with Gasteiger partial charge >= 0.3 is 12.1 Å². The molecule has 0 bridgehead atoms. The van der Waals surface area contributed by atoms with Crippen LogP contribution in [0.25, 0.3) is 0 Å². The van der Waals surface area contributed by atoms with E-state index in [0.29, 0.717) is 11.4 Å². The third-order valence-corrected chi connectivity index (χ3v) is 3.95. The summed E-state index contributed by atoms with van der Waals surface area (Å²) in [6, 6.07) is 7.16. The Hall–Kier alpha value is -1.75. The maximum absolute atomic E-state index is 12.0. The van der Waals surface area contributed by atoms with Gasteiger partial charge in [-0.25, -0.2) is 4.79 Å². The first kappa shape index (κ1) is 16.6. The Labute approximate surface area is 134 Å². The number of carboxylic acids is 1. The van der Waals surface area contributed by atoms with Crippen LogP contribution in [0.4, 0.5) is 4.79 Å². The minimum atomic E-state index is -0.998. The molecule has 1 aromatic rings. The van der Waals surface area contributed by atoms with Gasteiger partial charge < -0.3 is 14.7 Å². The van der Waals surface area contributed by atoms with Gasteiger partial charge in [0, 0.05) is 18.1 Å². The largest absolute Gasteiger partial charge is 0.481 e. The molecule has 1 saturated heterocycles. The fraction of sp³-hybridized carbons (Fsp3) is 0.500. The fourth-order valence-electron chi connectivity index (χ4n) is 2.47. The summed E-state index contributed by atoms with van der Waals surface area (Å²) in [4.78, 5) is 25.0. The molecule has 1 fully saturated rings. The van der Waals surface area contributed by atoms with Gasteiger partial charge in [-0.3, -0.25) is 4.79 Å². The Kier molecular flexibility index (Phi) is 4.38. The van der Waals surface area contributed by atoms with Gasteiger partial charge in [0.25, 0.3) is 0 Å². The van der Waals surface area contributed by atoms with E-state index >= 15 is 0 Å². The van der Waals surface area contributed by atoms with Gasteiger partial charge in [0.05, 0.1) is 0 Å². The molecule has 1 aliphatic heterocycles. The first-order chi connectivity index (χ1) is 10.1. The molecule has 2 rings (SSSR count). The summed E-state index contributed by atoms with van der Waals surface area (Å²) in [7, 11) is 0. The number of amides is 1. The Morgan fingerprint density at radius 3 is 2.41 bits per heavy atom. The predicted molar refractivity (Wildman–Crippen MR) is 83.0 cm³/mol. The molecule has 22 heavy (non-hydrogen) atoms. The number of carbonyl (C=O) groups is 2. The average Bonchev–Trinajstić information content (AvgIpc) is 2.32. The number of ether oxygens (including phenoxy) is 1. The minimum absolute atomic E-state index is 0.127. The molecular formula is C16H20ClNO4. The van der Waals surface area contributed by atoms with Crippen molar-refractivity contribution < 1.29 is 19.4 Å². The molecule has 1 heterocycles. The van der Waals surface area contributed by atoms with Crippen LogP contribution in [0.1, 0.15) is 26.3 Å². The molecule has 1 aromatic carbocycles. The van der Waals surface area contributed by atoms with Crippen molar-refractivity contribution in [3.8, 4) is 0 Å². The van der Waals surface area contributed by atoms with E-state index in [-0.39, 0.29) is 13.1 Å². The summed E-state index contributed by atoms with van der Waals surface area (Å²) in [6.07, 6.45) is -0.190. The molecule has 0 radical (unpaired) electrons. The van der Waals surface area contributed by atoms with Crippen LogP contribution in [0.2, 0.25) is 5.02 Å². The lowest BCUT2D eigenvalue weighted by molar-refractivity contribution is -0.159. The number of nitrogens with zero attached hydrogens (tertiary/aromatic N) is 1. The summed E-state index contributed by atoms with van der Waals surface area (Å²) in [5, 5.41) is 10.1. The molecule has 1 amide bonds. The van der Waals surface area contributed by atoms with E-state index in [1.807, 2.05) is 12.1 Å². The van der Waals surface area contributed by atoms with E-state index in [1.54, 1.807) is 32.9 Å². The van der Waals surface area contributed by atoms with Crippen molar-refractivity contribution in [2.45, 2.75) is 32.8 Å². The van der Waals surface area contributed by atoms with Crippen LogP contribution in [0.3, 0.4) is 0 Å². The van der Waals surface area contributed by atoms with Crippen LogP contribution in [-0.2, 0) is 16.0 Å². The van der Waals surface area contributed by atoms with Gasteiger partial charge in [-0.2, -0.15) is 0 Å². The Morgan fingerprint density at radius 2 is 1.91 bits per heavy atom. The van der Waals surface area contributed by atoms with Crippen molar-refractivity contribution >= 4 is 23.7 Å². The topological polar surface area (TPSA) is 66.8 Å². The number of aliphatic carboxylic acids is 1. The number of rotatable bonds is 3. The smallest absolute Gasteiger partial charge is 0.410 e. The second kappa shape index (κ2) is 5.80. The Bertz CT molecular complexity index is 588. The monoisotopic (exact) mass is 325 g/mol. The first-order valence-electron chi connectivity index (χ1n) is 7.08. The van der Waals surface area contributed by atoms with E-state index in [2.05, 4.69) is 0 Å². The minimum Gasteiger partial charge on any atom is -0.481 e. The van der Waals surface area contributed by atoms with Gasteiger partial charge in [-0.15, -0.1) is 0 Å². The standard InChI is InChI=1S/C16H20ClNO4/c1-15(2,3)22-14(21)18-9-16(10-18,13(19)20)8-11-6-4-5-7-12(11)17/h4-7H,8-10H2,1-3H3,(H,19,20). The lowest BCUT2D eigenvalue weighted by Gasteiger charge is -2.47. The molecule has 0 atom stereocenters. The fourth-order valence-corrected chi connectivity index (χ4v) is 2.67. The SMILES string of the molecule is CC(C)(C)OC(=O)N1CC(Cc2ccccc2Cl)(C(=O)O)C1. The van der Waals surface area contributed by atoms with E-state index in [9.17, 15) is 14.7 Å². The molecule has 6 heteroatoms. The summed E-state index contributed by atoms with van der Waals surface area (Å²) >= 11 is 6.10. The van der Waals surface area contributed by atoms with Gasteiger partial charge in [-0.05, 0) is 38.8 Å². The molecule has 1 N–H and O–H groups in total. The number of hydrogen-bond acceptors (Lipinski definition) is 3. The van der Waals surface area contributed by atoms with Gasteiger partial charge in [0.15, 0.2) is 0 Å². The Morgan fingerprint density at radius 1 is 1.32 bits per heavy atom. The van der Waals surface area contributed by atoms with Crippen LogP contribution in [0, 0.1) is 5.41 Å². The Balaban J connectivity index is 2.07. The number of likely N-dealkylation sites (tertiary alicyclic amines) is 1. The second-order valence-corrected chi connectivity index (χ2v) is 7.10.